The quantitative estimate of drug-likeness (QED) is 0.326. The summed E-state index contributed by atoms with van der Waals surface area (Å²) in [6.45, 7) is 0.958. The van der Waals surface area contributed by atoms with E-state index in [2.05, 4.69) is 9.82 Å². The Morgan fingerprint density at radius 3 is 2.38 bits per heavy atom. The van der Waals surface area contributed by atoms with Crippen LogP contribution in [0.15, 0.2) is 103 Å². The lowest BCUT2D eigenvalue weighted by Gasteiger charge is -2.23. The first-order chi connectivity index (χ1) is 18.9. The molecule has 4 aromatic rings. The number of sulfonamides is 1. The van der Waals surface area contributed by atoms with Crippen molar-refractivity contribution >= 4 is 33.6 Å². The van der Waals surface area contributed by atoms with Crippen LogP contribution in [0, 0.1) is 5.92 Å². The summed E-state index contributed by atoms with van der Waals surface area (Å²) >= 11 is 0. The molecule has 3 aromatic carbocycles. The van der Waals surface area contributed by atoms with Crippen molar-refractivity contribution < 1.29 is 18.0 Å². The van der Waals surface area contributed by atoms with Crippen LogP contribution in [0.4, 0.5) is 5.69 Å². The largest absolute Gasteiger partial charge is 0.311 e. The molecule has 39 heavy (non-hydrogen) atoms. The number of amides is 2. The smallest absolute Gasteiger partial charge is 0.257 e. The van der Waals surface area contributed by atoms with Crippen molar-refractivity contribution in [1.82, 2.24) is 14.5 Å². The predicted molar refractivity (Wildman–Crippen MR) is 150 cm³/mol. The minimum atomic E-state index is -4.14. The lowest BCUT2D eigenvalue weighted by atomic mass is 9.99. The fraction of sp³-hybridized carbons (Fsp3) is 0.167. The van der Waals surface area contributed by atoms with Crippen molar-refractivity contribution in [2.75, 3.05) is 11.4 Å². The zero-order chi connectivity index (χ0) is 27.2. The Morgan fingerprint density at radius 1 is 0.923 bits per heavy atom. The molecule has 1 atom stereocenters. The van der Waals surface area contributed by atoms with Gasteiger partial charge in [0, 0.05) is 18.4 Å². The average molecular weight is 541 g/mol. The highest BCUT2D eigenvalue weighted by Gasteiger charge is 2.36. The lowest BCUT2D eigenvalue weighted by molar-refractivity contribution is -0.132. The molecule has 0 fully saturated rings. The monoisotopic (exact) mass is 540 g/mol. The Bertz CT molecular complexity index is 1600. The summed E-state index contributed by atoms with van der Waals surface area (Å²) in [4.78, 5) is 28.7. The van der Waals surface area contributed by atoms with E-state index in [9.17, 15) is 18.0 Å². The molecule has 0 radical (unpaired) electrons. The molecule has 1 aliphatic heterocycles. The number of hydrogen-bond donors (Lipinski definition) is 1. The molecule has 8 nitrogen and oxygen atoms in total. The minimum Gasteiger partial charge on any atom is -0.311 e. The highest BCUT2D eigenvalue weighted by atomic mass is 32.2. The number of nitrogens with one attached hydrogen (secondary N) is 1. The third-order valence-corrected chi connectivity index (χ3v) is 7.54. The summed E-state index contributed by atoms with van der Waals surface area (Å²) in [5.41, 5.74) is 4.14. The molecule has 0 saturated carbocycles. The Labute approximate surface area is 227 Å². The summed E-state index contributed by atoms with van der Waals surface area (Å²) in [5.74, 6) is -2.58. The Kier molecular flexibility index (Phi) is 7.69. The summed E-state index contributed by atoms with van der Waals surface area (Å²) in [7, 11) is -4.14. The number of para-hydroxylation sites is 1. The number of carbonyl (C=O) groups excluding carboxylic acids is 2. The molecule has 0 aliphatic carbocycles. The molecule has 2 heterocycles. The number of carbonyl (C=O) groups is 2. The van der Waals surface area contributed by atoms with Crippen LogP contribution in [0.5, 0.6) is 0 Å². The Balaban J connectivity index is 1.37. The van der Waals surface area contributed by atoms with Crippen molar-refractivity contribution in [2.24, 2.45) is 5.92 Å². The van der Waals surface area contributed by atoms with Crippen LogP contribution in [0.25, 0.3) is 6.08 Å². The van der Waals surface area contributed by atoms with E-state index < -0.39 is 27.8 Å². The molecule has 9 heteroatoms. The molecule has 1 N–H and O–H groups in total. The van der Waals surface area contributed by atoms with Crippen LogP contribution in [0.1, 0.15) is 22.3 Å². The van der Waals surface area contributed by atoms with E-state index in [1.165, 1.54) is 6.08 Å². The van der Waals surface area contributed by atoms with E-state index >= 15 is 0 Å². The Morgan fingerprint density at radius 2 is 1.62 bits per heavy atom. The zero-order valence-corrected chi connectivity index (χ0v) is 22.0. The van der Waals surface area contributed by atoms with Gasteiger partial charge in [-0.05, 0) is 47.2 Å². The van der Waals surface area contributed by atoms with E-state index in [1.807, 2.05) is 60.7 Å². The molecule has 5 rings (SSSR count). The summed E-state index contributed by atoms with van der Waals surface area (Å²) in [6.07, 6.45) is 5.47. The van der Waals surface area contributed by atoms with Gasteiger partial charge in [0.2, 0.25) is 11.8 Å². The van der Waals surface area contributed by atoms with Crippen LogP contribution < -0.4 is 9.62 Å². The van der Waals surface area contributed by atoms with E-state index in [1.54, 1.807) is 46.2 Å². The number of aromatic nitrogens is 2. The van der Waals surface area contributed by atoms with E-state index in [-0.39, 0.29) is 6.42 Å². The second-order valence-electron chi connectivity index (χ2n) is 9.38. The second-order valence-corrected chi connectivity index (χ2v) is 10.9. The molecule has 1 aromatic heterocycles. The Hall–Kier alpha value is -4.50. The number of nitrogens with zero attached hydrogens (tertiary/aromatic N) is 3. The number of benzene rings is 3. The molecule has 0 bridgehead atoms. The minimum absolute atomic E-state index is 0.00996. The fourth-order valence-electron chi connectivity index (χ4n) is 4.63. The normalized spacial score (nSPS) is 13.8. The van der Waals surface area contributed by atoms with Gasteiger partial charge in [-0.3, -0.25) is 14.3 Å². The van der Waals surface area contributed by atoms with Gasteiger partial charge in [-0.15, -0.1) is 0 Å². The van der Waals surface area contributed by atoms with Crippen LogP contribution in [-0.2, 0) is 39.0 Å². The van der Waals surface area contributed by atoms with Crippen molar-refractivity contribution in [2.45, 2.75) is 19.4 Å². The first-order valence-corrected chi connectivity index (χ1v) is 14.2. The van der Waals surface area contributed by atoms with Gasteiger partial charge < -0.3 is 4.90 Å². The molecule has 198 valence electrons. The fourth-order valence-corrected chi connectivity index (χ4v) is 5.46. The van der Waals surface area contributed by atoms with Crippen molar-refractivity contribution in [3.8, 4) is 0 Å². The number of fused-ring (bicyclic) bond motifs is 1. The van der Waals surface area contributed by atoms with Crippen LogP contribution >= 0.6 is 0 Å². The maximum absolute atomic E-state index is 13.7. The van der Waals surface area contributed by atoms with E-state index in [0.29, 0.717) is 30.6 Å². The summed E-state index contributed by atoms with van der Waals surface area (Å²) in [6, 6.07) is 26.2. The summed E-state index contributed by atoms with van der Waals surface area (Å²) in [5, 5.41) is 5.32. The molecular formula is C30H28N4O4S. The van der Waals surface area contributed by atoms with E-state index in [0.717, 1.165) is 22.2 Å². The van der Waals surface area contributed by atoms with Gasteiger partial charge in [0.05, 0.1) is 18.1 Å². The number of hydrogen-bond acceptors (Lipinski definition) is 5. The number of rotatable bonds is 9. The third kappa shape index (κ3) is 6.50. The second kappa shape index (κ2) is 11.5. The van der Waals surface area contributed by atoms with Gasteiger partial charge in [-0.1, -0.05) is 78.9 Å². The predicted octanol–water partition coefficient (Wildman–Crippen LogP) is 3.80. The van der Waals surface area contributed by atoms with Crippen molar-refractivity contribution in [3.63, 3.8) is 0 Å². The lowest BCUT2D eigenvalue weighted by Crippen LogP contribution is -2.45. The maximum atomic E-state index is 13.7. The number of anilines is 1. The first kappa shape index (κ1) is 26.1. The van der Waals surface area contributed by atoms with Crippen molar-refractivity contribution in [1.29, 1.82) is 0 Å². The van der Waals surface area contributed by atoms with Gasteiger partial charge in [-0.25, -0.2) is 13.1 Å². The average Bonchev–Trinajstić information content (AvgIpc) is 3.58. The zero-order valence-electron chi connectivity index (χ0n) is 21.2. The highest BCUT2D eigenvalue weighted by Crippen LogP contribution is 2.29. The molecule has 1 unspecified atom stereocenters. The van der Waals surface area contributed by atoms with Gasteiger partial charge in [0.25, 0.3) is 10.0 Å². The third-order valence-electron chi connectivity index (χ3n) is 6.56. The van der Waals surface area contributed by atoms with Gasteiger partial charge in [0.15, 0.2) is 0 Å². The first-order valence-electron chi connectivity index (χ1n) is 12.6. The van der Waals surface area contributed by atoms with Gasteiger partial charge >= 0.3 is 0 Å². The van der Waals surface area contributed by atoms with Gasteiger partial charge in [-0.2, -0.15) is 5.10 Å². The molecular weight excluding hydrogens is 512 g/mol. The van der Waals surface area contributed by atoms with Gasteiger partial charge in [0.1, 0.15) is 5.92 Å². The van der Waals surface area contributed by atoms with Crippen LogP contribution in [-0.4, -0.2) is 36.6 Å². The van der Waals surface area contributed by atoms with Crippen LogP contribution in [0.3, 0.4) is 0 Å². The topological polar surface area (TPSA) is 101 Å². The van der Waals surface area contributed by atoms with E-state index in [4.69, 9.17) is 0 Å². The SMILES string of the molecule is O=C(NS(=O)(=O)/C=C/c1ccccc1)C(Cc1cnn(Cc2ccccc2)c1)C(=O)N1CCc2ccccc21. The van der Waals surface area contributed by atoms with Crippen LogP contribution in [0.2, 0.25) is 0 Å². The summed E-state index contributed by atoms with van der Waals surface area (Å²) < 4.78 is 29.3. The molecule has 0 spiro atoms. The molecule has 0 saturated heterocycles. The standard InChI is InChI=1S/C30H28N4O4S/c35-29(32-39(37,38)18-16-23-9-3-1-4-10-23)27(30(36)34-17-15-26-13-7-8-14-28(26)34)19-25-20-31-33(22-25)21-24-11-5-2-6-12-24/h1-14,16,18,20,22,27H,15,17,19,21H2,(H,32,35)/b18-16+. The van der Waals surface area contributed by atoms with Crippen molar-refractivity contribution in [3.05, 3.63) is 125 Å². The maximum Gasteiger partial charge on any atom is 0.257 e. The molecule has 1 aliphatic rings. The molecule has 2 amide bonds. The highest BCUT2D eigenvalue weighted by molar-refractivity contribution is 7.93.